The van der Waals surface area contributed by atoms with Gasteiger partial charge >= 0.3 is 0 Å². The first-order chi connectivity index (χ1) is 13.0. The fourth-order valence-electron chi connectivity index (χ4n) is 2.54. The molecule has 2 aromatic carbocycles. The van der Waals surface area contributed by atoms with E-state index in [9.17, 15) is 10.1 Å². The number of nitriles is 1. The van der Waals surface area contributed by atoms with E-state index in [1.54, 1.807) is 6.08 Å². The zero-order chi connectivity index (χ0) is 19.6. The van der Waals surface area contributed by atoms with Crippen LogP contribution in [0.25, 0.3) is 6.08 Å². The van der Waals surface area contributed by atoms with Crippen molar-refractivity contribution in [1.29, 1.82) is 5.26 Å². The molecule has 2 rings (SSSR count). The Balaban J connectivity index is 1.97. The molecule has 0 fully saturated rings. The highest BCUT2D eigenvalue weighted by Crippen LogP contribution is 2.13. The van der Waals surface area contributed by atoms with Gasteiger partial charge in [-0.3, -0.25) is 4.79 Å². The van der Waals surface area contributed by atoms with Gasteiger partial charge in [0.05, 0.1) is 0 Å². The lowest BCUT2D eigenvalue weighted by molar-refractivity contribution is -0.117. The van der Waals surface area contributed by atoms with Gasteiger partial charge in [-0.05, 0) is 41.3 Å². The molecule has 138 valence electrons. The normalized spacial score (nSPS) is 11.3. The summed E-state index contributed by atoms with van der Waals surface area (Å²) in [5, 5.41) is 12.1. The topological polar surface area (TPSA) is 56.1 Å². The summed E-state index contributed by atoms with van der Waals surface area (Å²) in [4.78, 5) is 14.3. The van der Waals surface area contributed by atoms with E-state index in [0.29, 0.717) is 6.54 Å². The van der Waals surface area contributed by atoms with Crippen molar-refractivity contribution in [2.75, 3.05) is 19.0 Å². The summed E-state index contributed by atoms with van der Waals surface area (Å²) in [5.74, 6) is -0.369. The van der Waals surface area contributed by atoms with Crippen molar-refractivity contribution in [3.63, 3.8) is 0 Å². The number of benzene rings is 2. The second kappa shape index (κ2) is 9.98. The molecule has 0 radical (unpaired) electrons. The number of carbonyl (C=O) groups is 1. The van der Waals surface area contributed by atoms with Gasteiger partial charge in [0.15, 0.2) is 0 Å². The van der Waals surface area contributed by atoms with E-state index in [-0.39, 0.29) is 11.5 Å². The fourth-order valence-corrected chi connectivity index (χ4v) is 2.54. The summed E-state index contributed by atoms with van der Waals surface area (Å²) in [6, 6.07) is 18.0. The summed E-state index contributed by atoms with van der Waals surface area (Å²) in [6.07, 6.45) is 6.08. The zero-order valence-electron chi connectivity index (χ0n) is 16.1. The van der Waals surface area contributed by atoms with Gasteiger partial charge in [-0.1, -0.05) is 55.5 Å². The highest BCUT2D eigenvalue weighted by atomic mass is 16.1. The minimum atomic E-state index is -0.369. The Morgan fingerprint density at radius 3 is 2.48 bits per heavy atom. The molecule has 0 saturated carbocycles. The van der Waals surface area contributed by atoms with E-state index in [0.717, 1.165) is 23.2 Å². The van der Waals surface area contributed by atoms with Crippen LogP contribution in [-0.2, 0) is 17.8 Å². The molecule has 0 atom stereocenters. The second-order valence-electron chi connectivity index (χ2n) is 6.39. The summed E-state index contributed by atoms with van der Waals surface area (Å²) in [7, 11) is 3.98. The smallest absolute Gasteiger partial charge is 0.262 e. The molecular weight excluding hydrogens is 334 g/mol. The Bertz CT molecular complexity index is 871. The maximum atomic E-state index is 12.2. The third kappa shape index (κ3) is 6.16. The molecule has 0 aliphatic heterocycles. The molecule has 1 amide bonds. The van der Waals surface area contributed by atoms with Gasteiger partial charge in [-0.25, -0.2) is 0 Å². The molecule has 4 heteroatoms. The number of rotatable bonds is 7. The van der Waals surface area contributed by atoms with Crippen LogP contribution in [0.15, 0.2) is 66.3 Å². The van der Waals surface area contributed by atoms with E-state index in [4.69, 9.17) is 0 Å². The number of hydrogen-bond acceptors (Lipinski definition) is 3. The largest absolute Gasteiger partial charge is 0.378 e. The Hall–Kier alpha value is -3.32. The minimum absolute atomic E-state index is 0.0859. The van der Waals surface area contributed by atoms with Crippen molar-refractivity contribution in [2.45, 2.75) is 19.9 Å². The highest BCUT2D eigenvalue weighted by Gasteiger charge is 2.07. The first kappa shape index (κ1) is 20.0. The van der Waals surface area contributed by atoms with E-state index in [1.165, 1.54) is 11.6 Å². The van der Waals surface area contributed by atoms with Gasteiger partial charge in [-0.2, -0.15) is 5.26 Å². The Morgan fingerprint density at radius 1 is 1.15 bits per heavy atom. The Labute approximate surface area is 161 Å². The van der Waals surface area contributed by atoms with E-state index in [1.807, 2.05) is 67.5 Å². The van der Waals surface area contributed by atoms with Crippen LogP contribution in [0.5, 0.6) is 0 Å². The van der Waals surface area contributed by atoms with E-state index < -0.39 is 0 Å². The predicted molar refractivity (Wildman–Crippen MR) is 111 cm³/mol. The molecule has 2 aromatic rings. The first-order valence-corrected chi connectivity index (χ1v) is 8.95. The molecule has 0 spiro atoms. The molecule has 0 aromatic heterocycles. The van der Waals surface area contributed by atoms with Crippen LogP contribution in [0, 0.1) is 11.3 Å². The van der Waals surface area contributed by atoms with Gasteiger partial charge in [0.1, 0.15) is 11.6 Å². The quantitative estimate of drug-likeness (QED) is 0.460. The lowest BCUT2D eigenvalue weighted by Crippen LogP contribution is -2.24. The molecule has 0 aliphatic rings. The van der Waals surface area contributed by atoms with Crippen molar-refractivity contribution in [3.05, 3.63) is 82.9 Å². The fraction of sp³-hybridized carbons (Fsp3) is 0.217. The maximum Gasteiger partial charge on any atom is 0.262 e. The van der Waals surface area contributed by atoms with Crippen LogP contribution >= 0.6 is 0 Å². The number of allylic oxidation sites excluding steroid dienone is 2. The van der Waals surface area contributed by atoms with Crippen molar-refractivity contribution in [2.24, 2.45) is 0 Å². The van der Waals surface area contributed by atoms with Crippen LogP contribution < -0.4 is 10.2 Å². The van der Waals surface area contributed by atoms with Crippen molar-refractivity contribution >= 4 is 17.7 Å². The predicted octanol–water partition coefficient (Wildman–Crippen LogP) is 4.09. The van der Waals surface area contributed by atoms with Crippen LogP contribution in [0.2, 0.25) is 0 Å². The Morgan fingerprint density at radius 2 is 1.85 bits per heavy atom. The minimum Gasteiger partial charge on any atom is -0.378 e. The molecule has 0 saturated heterocycles. The van der Waals surface area contributed by atoms with E-state index in [2.05, 4.69) is 24.4 Å². The number of nitrogens with zero attached hydrogens (tertiary/aromatic N) is 2. The van der Waals surface area contributed by atoms with Gasteiger partial charge in [0.25, 0.3) is 5.91 Å². The number of carbonyl (C=O) groups excluding carboxylic acids is 1. The average molecular weight is 359 g/mol. The van der Waals surface area contributed by atoms with Gasteiger partial charge in [-0.15, -0.1) is 0 Å². The van der Waals surface area contributed by atoms with Crippen molar-refractivity contribution in [3.8, 4) is 6.07 Å². The number of amides is 1. The summed E-state index contributed by atoms with van der Waals surface area (Å²) < 4.78 is 0. The summed E-state index contributed by atoms with van der Waals surface area (Å²) in [5.41, 5.74) is 4.46. The van der Waals surface area contributed by atoms with Gasteiger partial charge < -0.3 is 10.2 Å². The van der Waals surface area contributed by atoms with Gasteiger partial charge in [0, 0.05) is 26.3 Å². The Kier molecular flexibility index (Phi) is 7.39. The second-order valence-corrected chi connectivity index (χ2v) is 6.39. The number of nitrogens with one attached hydrogen (secondary N) is 1. The van der Waals surface area contributed by atoms with Crippen LogP contribution in [0.3, 0.4) is 0 Å². The maximum absolute atomic E-state index is 12.2. The molecular formula is C23H25N3O. The van der Waals surface area contributed by atoms with Crippen LogP contribution in [0.1, 0.15) is 23.6 Å². The molecule has 1 N–H and O–H groups in total. The third-order valence-corrected chi connectivity index (χ3v) is 4.18. The van der Waals surface area contributed by atoms with Crippen molar-refractivity contribution in [1.82, 2.24) is 5.32 Å². The molecule has 0 bridgehead atoms. The zero-order valence-corrected chi connectivity index (χ0v) is 16.1. The lowest BCUT2D eigenvalue weighted by atomic mass is 10.1. The average Bonchev–Trinajstić information content (AvgIpc) is 2.70. The molecule has 4 nitrogen and oxygen atoms in total. The van der Waals surface area contributed by atoms with Crippen LogP contribution in [-0.4, -0.2) is 20.0 Å². The van der Waals surface area contributed by atoms with Crippen molar-refractivity contribution < 1.29 is 4.79 Å². The number of anilines is 1. The third-order valence-electron chi connectivity index (χ3n) is 4.18. The molecule has 0 unspecified atom stereocenters. The SMILES string of the molecule is CCc1cccc(CNC(=O)/C(C#N)=C/C=C/c2ccc(N(C)C)cc2)c1. The lowest BCUT2D eigenvalue weighted by Gasteiger charge is -2.11. The summed E-state index contributed by atoms with van der Waals surface area (Å²) in [6.45, 7) is 2.50. The number of aryl methyl sites for hydroxylation is 1. The summed E-state index contributed by atoms with van der Waals surface area (Å²) >= 11 is 0. The van der Waals surface area contributed by atoms with Crippen LogP contribution in [0.4, 0.5) is 5.69 Å². The molecule has 27 heavy (non-hydrogen) atoms. The van der Waals surface area contributed by atoms with Gasteiger partial charge in [0.2, 0.25) is 0 Å². The first-order valence-electron chi connectivity index (χ1n) is 8.95. The highest BCUT2D eigenvalue weighted by molar-refractivity contribution is 5.97. The monoisotopic (exact) mass is 359 g/mol. The molecule has 0 heterocycles. The molecule has 0 aliphatic carbocycles. The number of hydrogen-bond donors (Lipinski definition) is 1. The standard InChI is InChI=1S/C23H25N3O/c1-4-18-7-5-9-20(15-18)17-25-23(27)21(16-24)10-6-8-19-11-13-22(14-12-19)26(2)3/h5-15H,4,17H2,1-3H3,(H,25,27)/b8-6+,21-10+. The van der Waals surface area contributed by atoms with E-state index >= 15 is 0 Å².